The van der Waals surface area contributed by atoms with Crippen LogP contribution in [0, 0.1) is 13.8 Å². The van der Waals surface area contributed by atoms with E-state index in [0.717, 1.165) is 77.4 Å². The summed E-state index contributed by atoms with van der Waals surface area (Å²) in [5.41, 5.74) is 5.88. The van der Waals surface area contributed by atoms with E-state index in [1.165, 1.54) is 6.26 Å². The number of rotatable bonds is 6. The normalized spacial score (nSPS) is 19.1. The largest absolute Gasteiger partial charge is 0.495 e. The number of methoxy groups -OCH3 is 1. The summed E-state index contributed by atoms with van der Waals surface area (Å²) in [7, 11) is -1.60. The van der Waals surface area contributed by atoms with Gasteiger partial charge in [0.2, 0.25) is 10.0 Å². The molecule has 0 unspecified atom stereocenters. The molecular weight excluding hydrogens is 550 g/mol. The molecule has 0 radical (unpaired) electrons. The van der Waals surface area contributed by atoms with Crippen LogP contribution in [-0.4, -0.2) is 60.4 Å². The number of nitrogens with zero attached hydrogens (tertiary/aromatic N) is 5. The van der Waals surface area contributed by atoms with Gasteiger partial charge in [0, 0.05) is 36.9 Å². The molecule has 0 N–H and O–H groups in total. The van der Waals surface area contributed by atoms with Crippen molar-refractivity contribution in [2.45, 2.75) is 51.6 Å². The van der Waals surface area contributed by atoms with Gasteiger partial charge in [-0.1, -0.05) is 22.8 Å². The number of halogens is 1. The van der Waals surface area contributed by atoms with Crippen LogP contribution in [0.1, 0.15) is 55.0 Å². The molecule has 0 saturated carbocycles. The van der Waals surface area contributed by atoms with Crippen molar-refractivity contribution < 1.29 is 17.7 Å². The molecule has 2 aliphatic heterocycles. The van der Waals surface area contributed by atoms with Crippen molar-refractivity contribution in [2.24, 2.45) is 0 Å². The van der Waals surface area contributed by atoms with Gasteiger partial charge in [-0.3, -0.25) is 0 Å². The van der Waals surface area contributed by atoms with E-state index < -0.39 is 10.0 Å². The minimum Gasteiger partial charge on any atom is -0.495 e. The fourth-order valence-corrected chi connectivity index (χ4v) is 7.52. The first kappa shape index (κ1) is 27.1. The molecular formula is C29H34ClN5O4S. The van der Waals surface area contributed by atoms with E-state index in [1.54, 1.807) is 11.4 Å². The zero-order valence-corrected chi connectivity index (χ0v) is 24.8. The van der Waals surface area contributed by atoms with Gasteiger partial charge in [-0.15, -0.1) is 0 Å². The van der Waals surface area contributed by atoms with Crippen molar-refractivity contribution in [3.05, 3.63) is 58.7 Å². The van der Waals surface area contributed by atoms with Crippen LogP contribution < -0.4 is 9.64 Å². The molecule has 0 amide bonds. The number of aryl methyl sites for hydroxylation is 2. The molecule has 40 heavy (non-hydrogen) atoms. The summed E-state index contributed by atoms with van der Waals surface area (Å²) in [6.07, 6.45) is 4.76. The fraction of sp³-hybridized carbons (Fsp3) is 0.448. The maximum atomic E-state index is 12.2. The molecule has 2 aromatic carbocycles. The molecule has 11 heteroatoms. The molecule has 0 aliphatic carbocycles. The fourth-order valence-electron chi connectivity index (χ4n) is 6.40. The Kier molecular flexibility index (Phi) is 7.04. The molecule has 4 aromatic rings. The number of sulfonamides is 1. The van der Waals surface area contributed by atoms with Crippen LogP contribution >= 0.6 is 11.6 Å². The molecule has 1 atom stereocenters. The quantitative estimate of drug-likeness (QED) is 0.278. The van der Waals surface area contributed by atoms with E-state index >= 15 is 0 Å². The van der Waals surface area contributed by atoms with Crippen molar-refractivity contribution in [3.8, 4) is 16.9 Å². The SMILES string of the molecule is COc1ccc(N2CCC[C@H]2c2nc3cc(-c4c(C)noc4C)ccc3n2C2CCN(S(C)(=O)=O)CC2)cc1Cl. The van der Waals surface area contributed by atoms with Gasteiger partial charge >= 0.3 is 0 Å². The van der Waals surface area contributed by atoms with Crippen molar-refractivity contribution >= 4 is 38.3 Å². The Balaban J connectivity index is 1.45. The van der Waals surface area contributed by atoms with Gasteiger partial charge in [-0.25, -0.2) is 17.7 Å². The Hall–Kier alpha value is -3.08. The van der Waals surface area contributed by atoms with Gasteiger partial charge in [0.25, 0.3) is 0 Å². The Morgan fingerprint density at radius 1 is 1.05 bits per heavy atom. The Labute approximate surface area is 239 Å². The monoisotopic (exact) mass is 583 g/mol. The zero-order valence-electron chi connectivity index (χ0n) is 23.2. The third-order valence-electron chi connectivity index (χ3n) is 8.31. The second-order valence-electron chi connectivity index (χ2n) is 10.8. The number of imidazole rings is 1. The van der Waals surface area contributed by atoms with Gasteiger partial charge in [0.15, 0.2) is 0 Å². The maximum Gasteiger partial charge on any atom is 0.211 e. The number of benzene rings is 2. The smallest absolute Gasteiger partial charge is 0.211 e. The molecule has 212 valence electrons. The van der Waals surface area contributed by atoms with E-state index in [1.807, 2.05) is 26.0 Å². The highest BCUT2D eigenvalue weighted by Crippen LogP contribution is 2.42. The summed E-state index contributed by atoms with van der Waals surface area (Å²) >= 11 is 6.52. The number of hydrogen-bond acceptors (Lipinski definition) is 7. The zero-order chi connectivity index (χ0) is 28.2. The Morgan fingerprint density at radius 2 is 1.82 bits per heavy atom. The predicted molar refractivity (Wildman–Crippen MR) is 157 cm³/mol. The summed E-state index contributed by atoms with van der Waals surface area (Å²) in [5, 5.41) is 4.72. The second-order valence-corrected chi connectivity index (χ2v) is 13.2. The summed E-state index contributed by atoms with van der Waals surface area (Å²) in [6, 6.07) is 12.5. The highest BCUT2D eigenvalue weighted by Gasteiger charge is 2.35. The summed E-state index contributed by atoms with van der Waals surface area (Å²) in [5.74, 6) is 2.44. The molecule has 2 saturated heterocycles. The lowest BCUT2D eigenvalue weighted by atomic mass is 10.0. The van der Waals surface area contributed by atoms with Gasteiger partial charge in [-0.2, -0.15) is 0 Å². The summed E-state index contributed by atoms with van der Waals surface area (Å²) in [4.78, 5) is 7.66. The van der Waals surface area contributed by atoms with Crippen LogP contribution in [0.3, 0.4) is 0 Å². The first-order chi connectivity index (χ1) is 19.2. The van der Waals surface area contributed by atoms with Crippen LogP contribution in [0.4, 0.5) is 5.69 Å². The molecule has 6 rings (SSSR count). The second kappa shape index (κ2) is 10.4. The van der Waals surface area contributed by atoms with Crippen LogP contribution in [0.15, 0.2) is 40.9 Å². The van der Waals surface area contributed by atoms with Crippen molar-refractivity contribution in [1.29, 1.82) is 0 Å². The lowest BCUT2D eigenvalue weighted by Crippen LogP contribution is -2.39. The highest BCUT2D eigenvalue weighted by atomic mass is 35.5. The minimum atomic E-state index is -3.22. The average Bonchev–Trinajstić information content (AvgIpc) is 3.64. The first-order valence-corrected chi connectivity index (χ1v) is 15.9. The van der Waals surface area contributed by atoms with E-state index in [2.05, 4.69) is 38.9 Å². The third-order valence-corrected chi connectivity index (χ3v) is 9.91. The van der Waals surface area contributed by atoms with Crippen molar-refractivity contribution in [1.82, 2.24) is 19.0 Å². The van der Waals surface area contributed by atoms with Crippen LogP contribution in [-0.2, 0) is 10.0 Å². The molecule has 0 spiro atoms. The van der Waals surface area contributed by atoms with Crippen molar-refractivity contribution in [2.75, 3.05) is 37.9 Å². The molecule has 0 bridgehead atoms. The minimum absolute atomic E-state index is 0.0623. The number of anilines is 1. The van der Waals surface area contributed by atoms with Crippen molar-refractivity contribution in [3.63, 3.8) is 0 Å². The maximum absolute atomic E-state index is 12.2. The topological polar surface area (TPSA) is 93.7 Å². The molecule has 4 heterocycles. The van der Waals surface area contributed by atoms with Crippen LogP contribution in [0.5, 0.6) is 5.75 Å². The van der Waals surface area contributed by atoms with E-state index in [9.17, 15) is 8.42 Å². The summed E-state index contributed by atoms with van der Waals surface area (Å²) in [6.45, 7) is 5.78. The van der Waals surface area contributed by atoms with E-state index in [4.69, 9.17) is 25.8 Å². The highest BCUT2D eigenvalue weighted by molar-refractivity contribution is 7.88. The molecule has 2 fully saturated rings. The van der Waals surface area contributed by atoms with E-state index in [-0.39, 0.29) is 12.1 Å². The molecule has 9 nitrogen and oxygen atoms in total. The van der Waals surface area contributed by atoms with Gasteiger partial charge in [0.1, 0.15) is 17.3 Å². The summed E-state index contributed by atoms with van der Waals surface area (Å²) < 4.78 is 39.2. The van der Waals surface area contributed by atoms with Crippen LogP contribution in [0.25, 0.3) is 22.2 Å². The Morgan fingerprint density at radius 3 is 2.48 bits per heavy atom. The van der Waals surface area contributed by atoms with Crippen LogP contribution in [0.2, 0.25) is 5.02 Å². The van der Waals surface area contributed by atoms with Gasteiger partial charge in [-0.05, 0) is 75.4 Å². The number of fused-ring (bicyclic) bond motifs is 1. The van der Waals surface area contributed by atoms with Gasteiger partial charge < -0.3 is 18.7 Å². The number of aromatic nitrogens is 3. The van der Waals surface area contributed by atoms with Gasteiger partial charge in [0.05, 0.1) is 41.2 Å². The Bertz CT molecular complexity index is 1650. The standard InChI is InChI=1S/C29H34ClN5O4S/c1-18-28(19(2)39-32-18)20-7-9-25-24(16-20)31-29(35(25)21-11-14-33(15-12-21)40(4,36)37)26-6-5-13-34(26)22-8-10-27(38-3)23(30)17-22/h7-10,16-17,21,26H,5-6,11-15H2,1-4H3/t26-/m0/s1. The first-order valence-electron chi connectivity index (χ1n) is 13.7. The average molecular weight is 584 g/mol. The lowest BCUT2D eigenvalue weighted by molar-refractivity contribution is 0.273. The number of piperidine rings is 1. The third kappa shape index (κ3) is 4.76. The molecule has 2 aliphatic rings. The van der Waals surface area contributed by atoms with E-state index in [0.29, 0.717) is 23.9 Å². The number of ether oxygens (including phenoxy) is 1. The lowest BCUT2D eigenvalue weighted by Gasteiger charge is -2.34. The number of hydrogen-bond donors (Lipinski definition) is 0. The predicted octanol–water partition coefficient (Wildman–Crippen LogP) is 5.91. The molecule has 2 aromatic heterocycles.